The van der Waals surface area contributed by atoms with Crippen LogP contribution in [0.1, 0.15) is 15.9 Å². The highest BCUT2D eigenvalue weighted by molar-refractivity contribution is 6.05. The van der Waals surface area contributed by atoms with Crippen LogP contribution in [-0.4, -0.2) is 25.3 Å². The quantitative estimate of drug-likeness (QED) is 0.486. The fourth-order valence-corrected chi connectivity index (χ4v) is 3.51. The number of rotatable bonds is 4. The molecule has 0 aliphatic carbocycles. The van der Waals surface area contributed by atoms with Crippen LogP contribution >= 0.6 is 0 Å². The third-order valence-electron chi connectivity index (χ3n) is 5.06. The van der Waals surface area contributed by atoms with Gasteiger partial charge in [-0.05, 0) is 36.8 Å². The fraction of sp³-hybridized carbons (Fsp3) is 0.0417. The van der Waals surface area contributed by atoms with Gasteiger partial charge in [0, 0.05) is 11.8 Å². The van der Waals surface area contributed by atoms with E-state index in [0.717, 1.165) is 27.8 Å². The molecule has 0 saturated heterocycles. The Morgan fingerprint density at radius 1 is 0.900 bits per heavy atom. The van der Waals surface area contributed by atoms with E-state index in [4.69, 9.17) is 5.10 Å². The van der Waals surface area contributed by atoms with Crippen LogP contribution in [0.15, 0.2) is 91.4 Å². The standard InChI is InChI=1S/C24H19N5O/c1-17-9-5-6-12-19(17)23-20(15-28(26-23)18-10-3-2-4-11-18)24(30)27-29-16-25-21-13-7-8-14-22(21)29/h2-16H,1H3,(H,27,30). The number of carbonyl (C=O) groups excluding carboxylic acids is 1. The molecule has 30 heavy (non-hydrogen) atoms. The lowest BCUT2D eigenvalue weighted by molar-refractivity contribution is 0.101. The van der Waals surface area contributed by atoms with Gasteiger partial charge >= 0.3 is 0 Å². The highest BCUT2D eigenvalue weighted by Crippen LogP contribution is 2.27. The van der Waals surface area contributed by atoms with Crippen molar-refractivity contribution in [3.8, 4) is 16.9 Å². The Morgan fingerprint density at radius 2 is 1.63 bits per heavy atom. The molecule has 5 rings (SSSR count). The number of amides is 1. The summed E-state index contributed by atoms with van der Waals surface area (Å²) in [7, 11) is 0. The molecule has 3 aromatic carbocycles. The topological polar surface area (TPSA) is 64.7 Å². The van der Waals surface area contributed by atoms with E-state index in [9.17, 15) is 4.79 Å². The van der Waals surface area contributed by atoms with Crippen LogP contribution in [0.5, 0.6) is 0 Å². The van der Waals surface area contributed by atoms with Gasteiger partial charge in [0.05, 0.1) is 22.3 Å². The smallest absolute Gasteiger partial charge is 0.267 e. The lowest BCUT2D eigenvalue weighted by atomic mass is 10.0. The van der Waals surface area contributed by atoms with Crippen LogP contribution in [0.4, 0.5) is 0 Å². The molecule has 0 bridgehead atoms. The van der Waals surface area contributed by atoms with E-state index in [1.54, 1.807) is 21.9 Å². The molecule has 2 heterocycles. The molecule has 0 atom stereocenters. The molecule has 6 heteroatoms. The van der Waals surface area contributed by atoms with Crippen molar-refractivity contribution < 1.29 is 4.79 Å². The van der Waals surface area contributed by atoms with Crippen LogP contribution in [0.25, 0.3) is 28.0 Å². The van der Waals surface area contributed by atoms with Gasteiger partial charge < -0.3 is 0 Å². The van der Waals surface area contributed by atoms with Crippen LogP contribution in [-0.2, 0) is 0 Å². The number of fused-ring (bicyclic) bond motifs is 1. The second-order valence-corrected chi connectivity index (χ2v) is 7.03. The lowest BCUT2D eigenvalue weighted by Crippen LogP contribution is -2.22. The van der Waals surface area contributed by atoms with Crippen molar-refractivity contribution in [3.63, 3.8) is 0 Å². The molecule has 2 aromatic heterocycles. The summed E-state index contributed by atoms with van der Waals surface area (Å²) in [6, 6.07) is 25.3. The monoisotopic (exact) mass is 393 g/mol. The molecule has 1 amide bonds. The number of imidazole rings is 1. The van der Waals surface area contributed by atoms with Gasteiger partial charge in [0.15, 0.2) is 0 Å². The third kappa shape index (κ3) is 3.14. The minimum Gasteiger partial charge on any atom is -0.267 e. The largest absolute Gasteiger partial charge is 0.274 e. The van der Waals surface area contributed by atoms with Crippen LogP contribution in [0, 0.1) is 6.92 Å². The van der Waals surface area contributed by atoms with Crippen LogP contribution in [0.3, 0.4) is 0 Å². The summed E-state index contributed by atoms with van der Waals surface area (Å²) >= 11 is 0. The number of nitrogens with one attached hydrogen (secondary N) is 1. The maximum Gasteiger partial charge on any atom is 0.274 e. The van der Waals surface area contributed by atoms with E-state index >= 15 is 0 Å². The van der Waals surface area contributed by atoms with Crippen molar-refractivity contribution in [2.45, 2.75) is 6.92 Å². The number of carbonyl (C=O) groups is 1. The molecule has 0 spiro atoms. The van der Waals surface area contributed by atoms with Crippen LogP contribution < -0.4 is 5.43 Å². The van der Waals surface area contributed by atoms with Crippen molar-refractivity contribution in [3.05, 3.63) is 103 Å². The molecule has 5 aromatic rings. The molecule has 1 N–H and O–H groups in total. The van der Waals surface area contributed by atoms with E-state index in [1.807, 2.05) is 85.8 Å². The number of hydrogen-bond acceptors (Lipinski definition) is 3. The first-order valence-electron chi connectivity index (χ1n) is 9.65. The van der Waals surface area contributed by atoms with Gasteiger partial charge in [-0.3, -0.25) is 10.2 Å². The van der Waals surface area contributed by atoms with Crippen molar-refractivity contribution in [1.29, 1.82) is 0 Å². The molecule has 0 fully saturated rings. The third-order valence-corrected chi connectivity index (χ3v) is 5.06. The van der Waals surface area contributed by atoms with Crippen molar-refractivity contribution in [2.24, 2.45) is 0 Å². The number of benzene rings is 3. The second-order valence-electron chi connectivity index (χ2n) is 7.03. The lowest BCUT2D eigenvalue weighted by Gasteiger charge is -2.08. The first-order valence-corrected chi connectivity index (χ1v) is 9.65. The van der Waals surface area contributed by atoms with Gasteiger partial charge in [0.2, 0.25) is 0 Å². The molecule has 0 aliphatic heterocycles. The molecule has 0 saturated carbocycles. The Hall–Kier alpha value is -4.19. The van der Waals surface area contributed by atoms with E-state index in [0.29, 0.717) is 11.3 Å². The predicted molar refractivity (Wildman–Crippen MR) is 117 cm³/mol. The second kappa shape index (κ2) is 7.33. The van der Waals surface area contributed by atoms with E-state index in [-0.39, 0.29) is 5.91 Å². The fourth-order valence-electron chi connectivity index (χ4n) is 3.51. The zero-order valence-electron chi connectivity index (χ0n) is 16.4. The van der Waals surface area contributed by atoms with Gasteiger partial charge in [-0.15, -0.1) is 0 Å². The molecule has 0 radical (unpaired) electrons. The number of para-hydroxylation sites is 3. The molecular weight excluding hydrogens is 374 g/mol. The minimum absolute atomic E-state index is 0.251. The Balaban J connectivity index is 1.60. The van der Waals surface area contributed by atoms with E-state index < -0.39 is 0 Å². The average molecular weight is 393 g/mol. The van der Waals surface area contributed by atoms with Gasteiger partial charge in [0.25, 0.3) is 5.91 Å². The summed E-state index contributed by atoms with van der Waals surface area (Å²) in [6.45, 7) is 2.02. The zero-order valence-corrected chi connectivity index (χ0v) is 16.4. The maximum atomic E-state index is 13.3. The summed E-state index contributed by atoms with van der Waals surface area (Å²) in [5.74, 6) is -0.251. The minimum atomic E-state index is -0.251. The molecule has 0 unspecified atom stereocenters. The van der Waals surface area contributed by atoms with Crippen molar-refractivity contribution in [2.75, 3.05) is 5.43 Å². The molecule has 0 aliphatic rings. The molecule has 6 nitrogen and oxygen atoms in total. The van der Waals surface area contributed by atoms with Crippen molar-refractivity contribution >= 4 is 16.9 Å². The normalized spacial score (nSPS) is 11.0. The summed E-state index contributed by atoms with van der Waals surface area (Å²) in [5.41, 5.74) is 8.58. The highest BCUT2D eigenvalue weighted by atomic mass is 16.2. The Labute approximate surface area is 173 Å². The summed E-state index contributed by atoms with van der Waals surface area (Å²) in [6.07, 6.45) is 3.38. The zero-order chi connectivity index (χ0) is 20.5. The number of nitrogens with zero attached hydrogens (tertiary/aromatic N) is 4. The Morgan fingerprint density at radius 3 is 2.47 bits per heavy atom. The van der Waals surface area contributed by atoms with Gasteiger partial charge in [0.1, 0.15) is 12.0 Å². The highest BCUT2D eigenvalue weighted by Gasteiger charge is 2.20. The predicted octanol–water partition coefficient (Wildman–Crippen LogP) is 4.58. The van der Waals surface area contributed by atoms with E-state index in [2.05, 4.69) is 10.4 Å². The SMILES string of the molecule is Cc1ccccc1-c1nn(-c2ccccc2)cc1C(=O)Nn1cnc2ccccc21. The first-order chi connectivity index (χ1) is 14.7. The summed E-state index contributed by atoms with van der Waals surface area (Å²) < 4.78 is 3.38. The van der Waals surface area contributed by atoms with Gasteiger partial charge in [-0.25, -0.2) is 14.3 Å². The summed E-state index contributed by atoms with van der Waals surface area (Å²) in [5, 5.41) is 4.76. The first kappa shape index (κ1) is 17.9. The number of aryl methyl sites for hydroxylation is 1. The van der Waals surface area contributed by atoms with Crippen molar-refractivity contribution in [1.82, 2.24) is 19.4 Å². The Kier molecular flexibility index (Phi) is 4.37. The molecular formula is C24H19N5O. The van der Waals surface area contributed by atoms with Crippen LogP contribution in [0.2, 0.25) is 0 Å². The summed E-state index contributed by atoms with van der Waals surface area (Å²) in [4.78, 5) is 17.6. The van der Waals surface area contributed by atoms with Gasteiger partial charge in [-0.2, -0.15) is 5.10 Å². The number of hydrogen-bond donors (Lipinski definition) is 1. The maximum absolute atomic E-state index is 13.3. The van der Waals surface area contributed by atoms with Gasteiger partial charge in [-0.1, -0.05) is 54.6 Å². The Bertz CT molecular complexity index is 1350. The molecule has 146 valence electrons. The average Bonchev–Trinajstić information content (AvgIpc) is 3.40. The van der Waals surface area contributed by atoms with E-state index in [1.165, 1.54) is 0 Å². The number of aromatic nitrogens is 4.